The molecular weight excluding hydrogens is 252 g/mol. The van der Waals surface area contributed by atoms with Crippen molar-refractivity contribution in [3.63, 3.8) is 0 Å². The minimum absolute atomic E-state index is 0.109. The summed E-state index contributed by atoms with van der Waals surface area (Å²) in [5.41, 5.74) is 8.24. The number of nitrogens with two attached hydrogens (primary N) is 1. The number of hydrogen-bond donors (Lipinski definition) is 1. The van der Waals surface area contributed by atoms with E-state index in [1.807, 2.05) is 18.7 Å². The third-order valence-electron chi connectivity index (χ3n) is 3.25. The molecule has 0 fully saturated rings. The van der Waals surface area contributed by atoms with Crippen molar-refractivity contribution >= 4 is 11.6 Å². The quantitative estimate of drug-likeness (QED) is 0.869. The summed E-state index contributed by atoms with van der Waals surface area (Å²) < 4.78 is 1.71. The monoisotopic (exact) mass is 280 g/mol. The van der Waals surface area contributed by atoms with Crippen molar-refractivity contribution in [3.8, 4) is 0 Å². The molecule has 0 spiro atoms. The van der Waals surface area contributed by atoms with Crippen molar-refractivity contribution in [3.05, 3.63) is 11.4 Å². The van der Waals surface area contributed by atoms with Gasteiger partial charge in [-0.05, 0) is 25.7 Å². The molecule has 0 atom stereocenters. The largest absolute Gasteiger partial charge is 0.396 e. The molecule has 1 rings (SSSR count). The van der Waals surface area contributed by atoms with Crippen molar-refractivity contribution in [1.29, 1.82) is 0 Å². The molecule has 1 heterocycles. The topological polar surface area (TPSA) is 64.2 Å². The first-order valence-corrected chi connectivity index (χ1v) is 7.29. The minimum Gasteiger partial charge on any atom is -0.396 e. The summed E-state index contributed by atoms with van der Waals surface area (Å²) in [6.07, 6.45) is 0. The molecule has 0 bridgehead atoms. The maximum absolute atomic E-state index is 12.5. The number of rotatable bonds is 6. The summed E-state index contributed by atoms with van der Waals surface area (Å²) in [4.78, 5) is 14.4. The fourth-order valence-corrected chi connectivity index (χ4v) is 2.25. The number of nitrogen functional groups attached to an aromatic ring is 1. The number of hydrogen-bond acceptors (Lipinski definition) is 3. The Bertz CT molecular complexity index is 453. The summed E-state index contributed by atoms with van der Waals surface area (Å²) in [7, 11) is 0. The van der Waals surface area contributed by atoms with Gasteiger partial charge in [-0.15, -0.1) is 0 Å². The molecule has 0 aliphatic heterocycles. The SMILES string of the molecule is Cc1nn(CC(=O)N(CC(C)C)CC(C)C)c(C)c1N. The average Bonchev–Trinajstić information content (AvgIpc) is 2.55. The molecule has 0 radical (unpaired) electrons. The third kappa shape index (κ3) is 4.25. The van der Waals surface area contributed by atoms with Gasteiger partial charge >= 0.3 is 0 Å². The van der Waals surface area contributed by atoms with E-state index in [-0.39, 0.29) is 12.5 Å². The standard InChI is InChI=1S/C15H28N4O/c1-10(2)7-18(8-11(3)4)14(20)9-19-13(6)15(16)12(5)17-19/h10-11H,7-9,16H2,1-6H3. The van der Waals surface area contributed by atoms with Gasteiger partial charge in [0.2, 0.25) is 5.91 Å². The maximum atomic E-state index is 12.5. The second kappa shape index (κ2) is 6.77. The Morgan fingerprint density at radius 3 is 2.05 bits per heavy atom. The Hall–Kier alpha value is -1.52. The molecule has 5 nitrogen and oxygen atoms in total. The van der Waals surface area contributed by atoms with E-state index in [0.29, 0.717) is 17.5 Å². The molecule has 0 unspecified atom stereocenters. The van der Waals surface area contributed by atoms with Crippen LogP contribution >= 0.6 is 0 Å². The lowest BCUT2D eigenvalue weighted by Crippen LogP contribution is -2.39. The highest BCUT2D eigenvalue weighted by Crippen LogP contribution is 2.15. The smallest absolute Gasteiger partial charge is 0.244 e. The van der Waals surface area contributed by atoms with Crippen LogP contribution in [0.4, 0.5) is 5.69 Å². The van der Waals surface area contributed by atoms with E-state index >= 15 is 0 Å². The highest BCUT2D eigenvalue weighted by molar-refractivity contribution is 5.76. The Balaban J connectivity index is 2.81. The van der Waals surface area contributed by atoms with Crippen LogP contribution in [0.15, 0.2) is 0 Å². The first kappa shape index (κ1) is 16.5. The Morgan fingerprint density at radius 2 is 1.70 bits per heavy atom. The van der Waals surface area contributed by atoms with Crippen LogP contribution in [0.3, 0.4) is 0 Å². The van der Waals surface area contributed by atoms with Gasteiger partial charge in [-0.3, -0.25) is 9.48 Å². The average molecular weight is 280 g/mol. The van der Waals surface area contributed by atoms with E-state index in [2.05, 4.69) is 32.8 Å². The van der Waals surface area contributed by atoms with Crippen molar-refractivity contribution in [2.45, 2.75) is 48.1 Å². The number of carbonyl (C=O) groups excluding carboxylic acids is 1. The van der Waals surface area contributed by atoms with Crippen LogP contribution in [-0.4, -0.2) is 33.7 Å². The molecule has 0 aliphatic rings. The highest BCUT2D eigenvalue weighted by atomic mass is 16.2. The van der Waals surface area contributed by atoms with E-state index in [1.165, 1.54) is 0 Å². The van der Waals surface area contributed by atoms with Crippen LogP contribution in [0.1, 0.15) is 39.1 Å². The maximum Gasteiger partial charge on any atom is 0.244 e. The Labute approximate surface area is 122 Å². The lowest BCUT2D eigenvalue weighted by atomic mass is 10.1. The van der Waals surface area contributed by atoms with Gasteiger partial charge in [-0.25, -0.2) is 0 Å². The molecule has 0 aliphatic carbocycles. The lowest BCUT2D eigenvalue weighted by molar-refractivity contribution is -0.133. The van der Waals surface area contributed by atoms with E-state index in [1.54, 1.807) is 4.68 Å². The molecule has 5 heteroatoms. The van der Waals surface area contributed by atoms with Crippen LogP contribution in [0, 0.1) is 25.7 Å². The fraction of sp³-hybridized carbons (Fsp3) is 0.733. The predicted molar refractivity (Wildman–Crippen MR) is 82.4 cm³/mol. The number of aromatic nitrogens is 2. The van der Waals surface area contributed by atoms with Crippen molar-refractivity contribution in [2.75, 3.05) is 18.8 Å². The lowest BCUT2D eigenvalue weighted by Gasteiger charge is -2.26. The Kier molecular flexibility index (Phi) is 5.60. The number of carbonyl (C=O) groups is 1. The van der Waals surface area contributed by atoms with Crippen molar-refractivity contribution in [2.24, 2.45) is 11.8 Å². The number of amides is 1. The van der Waals surface area contributed by atoms with E-state index in [9.17, 15) is 4.79 Å². The molecule has 0 aromatic carbocycles. The first-order valence-electron chi connectivity index (χ1n) is 7.29. The zero-order valence-corrected chi connectivity index (χ0v) is 13.6. The number of nitrogens with zero attached hydrogens (tertiary/aromatic N) is 3. The summed E-state index contributed by atoms with van der Waals surface area (Å²) >= 11 is 0. The molecule has 1 aromatic rings. The van der Waals surface area contributed by atoms with E-state index < -0.39 is 0 Å². The van der Waals surface area contributed by atoms with Crippen LogP contribution in [-0.2, 0) is 11.3 Å². The van der Waals surface area contributed by atoms with Crippen LogP contribution in [0.2, 0.25) is 0 Å². The van der Waals surface area contributed by atoms with Crippen molar-refractivity contribution in [1.82, 2.24) is 14.7 Å². The summed E-state index contributed by atoms with van der Waals surface area (Å²) in [6.45, 7) is 14.1. The second-order valence-corrected chi connectivity index (χ2v) is 6.33. The molecule has 0 saturated heterocycles. The zero-order valence-electron chi connectivity index (χ0n) is 13.6. The minimum atomic E-state index is 0.109. The number of aryl methyl sites for hydroxylation is 1. The van der Waals surface area contributed by atoms with Crippen LogP contribution < -0.4 is 5.73 Å². The van der Waals surface area contributed by atoms with Gasteiger partial charge in [-0.1, -0.05) is 27.7 Å². The molecule has 114 valence electrons. The van der Waals surface area contributed by atoms with Gasteiger partial charge in [-0.2, -0.15) is 5.10 Å². The van der Waals surface area contributed by atoms with E-state index in [0.717, 1.165) is 24.5 Å². The van der Waals surface area contributed by atoms with Gasteiger partial charge in [0.25, 0.3) is 0 Å². The Morgan fingerprint density at radius 1 is 1.20 bits per heavy atom. The highest BCUT2D eigenvalue weighted by Gasteiger charge is 2.18. The van der Waals surface area contributed by atoms with Gasteiger partial charge in [0.15, 0.2) is 0 Å². The molecule has 2 N–H and O–H groups in total. The molecule has 0 saturated carbocycles. The molecule has 20 heavy (non-hydrogen) atoms. The molecular formula is C15H28N4O. The van der Waals surface area contributed by atoms with Gasteiger partial charge < -0.3 is 10.6 Å². The van der Waals surface area contributed by atoms with Gasteiger partial charge in [0.1, 0.15) is 6.54 Å². The fourth-order valence-electron chi connectivity index (χ4n) is 2.25. The van der Waals surface area contributed by atoms with Gasteiger partial charge in [0.05, 0.1) is 17.1 Å². The second-order valence-electron chi connectivity index (χ2n) is 6.33. The first-order chi connectivity index (χ1) is 9.22. The number of anilines is 1. The van der Waals surface area contributed by atoms with E-state index in [4.69, 9.17) is 5.73 Å². The van der Waals surface area contributed by atoms with Crippen LogP contribution in [0.5, 0.6) is 0 Å². The third-order valence-corrected chi connectivity index (χ3v) is 3.25. The van der Waals surface area contributed by atoms with Crippen molar-refractivity contribution < 1.29 is 4.79 Å². The summed E-state index contributed by atoms with van der Waals surface area (Å²) in [6, 6.07) is 0. The summed E-state index contributed by atoms with van der Waals surface area (Å²) in [5.74, 6) is 1.03. The predicted octanol–water partition coefficient (Wildman–Crippen LogP) is 2.22. The zero-order chi connectivity index (χ0) is 15.4. The molecule has 1 aromatic heterocycles. The molecule has 1 amide bonds. The normalized spacial score (nSPS) is 11.4. The summed E-state index contributed by atoms with van der Waals surface area (Å²) in [5, 5.41) is 4.33. The van der Waals surface area contributed by atoms with Gasteiger partial charge in [0, 0.05) is 13.1 Å². The van der Waals surface area contributed by atoms with Crippen LogP contribution in [0.25, 0.3) is 0 Å².